The number of hydrogen-bond acceptors (Lipinski definition) is 4. The van der Waals surface area contributed by atoms with Crippen molar-refractivity contribution < 1.29 is 24.5 Å². The van der Waals surface area contributed by atoms with Crippen LogP contribution in [0.1, 0.15) is 18.5 Å². The van der Waals surface area contributed by atoms with Gasteiger partial charge in [0, 0.05) is 0 Å². The van der Waals surface area contributed by atoms with Crippen molar-refractivity contribution in [3.05, 3.63) is 29.8 Å². The molecule has 0 saturated carbocycles. The van der Waals surface area contributed by atoms with Crippen molar-refractivity contribution in [2.75, 3.05) is 13.7 Å². The number of carbonyl (C=O) groups excluding carboxylic acids is 1. The van der Waals surface area contributed by atoms with Crippen LogP contribution in [0.3, 0.4) is 0 Å². The van der Waals surface area contributed by atoms with E-state index in [1.807, 2.05) is 0 Å². The van der Waals surface area contributed by atoms with Gasteiger partial charge in [0.1, 0.15) is 5.75 Å². The highest BCUT2D eigenvalue weighted by Gasteiger charge is 2.19. The summed E-state index contributed by atoms with van der Waals surface area (Å²) in [4.78, 5) is 22.3. The van der Waals surface area contributed by atoms with E-state index in [0.29, 0.717) is 5.75 Å². The largest absolute Gasteiger partial charge is 0.497 e. The molecule has 2 atom stereocenters. The average molecular weight is 282 g/mol. The molecule has 0 fully saturated rings. The van der Waals surface area contributed by atoms with Crippen molar-refractivity contribution in [3.63, 3.8) is 0 Å². The molecule has 1 rings (SSSR count). The number of benzene rings is 1. The first-order valence-corrected chi connectivity index (χ1v) is 6.02. The second-order valence-electron chi connectivity index (χ2n) is 4.19. The maximum Gasteiger partial charge on any atom is 0.328 e. The molecule has 4 N–H and O–H groups in total. The molecule has 1 unspecified atom stereocenters. The molecular weight excluding hydrogens is 264 g/mol. The van der Waals surface area contributed by atoms with Crippen LogP contribution in [-0.4, -0.2) is 42.0 Å². The van der Waals surface area contributed by atoms with Crippen molar-refractivity contribution in [1.29, 1.82) is 0 Å². The zero-order valence-corrected chi connectivity index (χ0v) is 11.3. The van der Waals surface area contributed by atoms with Gasteiger partial charge in [-0.3, -0.25) is 0 Å². The van der Waals surface area contributed by atoms with E-state index in [4.69, 9.17) is 14.9 Å². The van der Waals surface area contributed by atoms with Gasteiger partial charge < -0.3 is 25.6 Å². The monoisotopic (exact) mass is 282 g/mol. The van der Waals surface area contributed by atoms with E-state index < -0.39 is 24.6 Å². The fraction of sp³-hybridized carbons (Fsp3) is 0.385. The number of methoxy groups -OCH3 is 1. The summed E-state index contributed by atoms with van der Waals surface area (Å²) < 4.78 is 5.03. The Morgan fingerprint density at radius 3 is 2.30 bits per heavy atom. The van der Waals surface area contributed by atoms with Crippen LogP contribution in [-0.2, 0) is 4.79 Å². The highest BCUT2D eigenvalue weighted by molar-refractivity contribution is 5.82. The molecule has 1 aromatic rings. The molecule has 0 aliphatic carbocycles. The Hall–Kier alpha value is -2.28. The molecule has 0 radical (unpaired) electrons. The van der Waals surface area contributed by atoms with E-state index in [0.717, 1.165) is 5.56 Å². The summed E-state index contributed by atoms with van der Waals surface area (Å²) in [6.45, 7) is 1.09. The van der Waals surface area contributed by atoms with Gasteiger partial charge in [0.15, 0.2) is 6.04 Å². The van der Waals surface area contributed by atoms with Gasteiger partial charge in [-0.05, 0) is 24.6 Å². The van der Waals surface area contributed by atoms with Gasteiger partial charge in [0.2, 0.25) is 0 Å². The lowest BCUT2D eigenvalue weighted by atomic mass is 10.1. The van der Waals surface area contributed by atoms with Gasteiger partial charge in [-0.2, -0.15) is 0 Å². The first-order chi connectivity index (χ1) is 9.47. The lowest BCUT2D eigenvalue weighted by Crippen LogP contribution is -2.48. The van der Waals surface area contributed by atoms with Crippen LogP contribution in [0, 0.1) is 0 Å². The van der Waals surface area contributed by atoms with Gasteiger partial charge in [-0.25, -0.2) is 9.59 Å². The molecule has 0 aliphatic heterocycles. The van der Waals surface area contributed by atoms with E-state index in [-0.39, 0.29) is 6.04 Å². The molecule has 1 aromatic carbocycles. The first kappa shape index (κ1) is 15.8. The minimum absolute atomic E-state index is 0.311. The van der Waals surface area contributed by atoms with E-state index in [2.05, 4.69) is 10.6 Å². The second kappa shape index (κ2) is 7.34. The number of nitrogens with one attached hydrogen (secondary N) is 2. The Bertz CT molecular complexity index is 460. The highest BCUT2D eigenvalue weighted by Crippen LogP contribution is 2.16. The number of carboxylic acids is 1. The predicted molar refractivity (Wildman–Crippen MR) is 71.6 cm³/mol. The molecule has 0 bridgehead atoms. The number of carboxylic acid groups (broad SMARTS) is 1. The topological polar surface area (TPSA) is 108 Å². The summed E-state index contributed by atoms with van der Waals surface area (Å²) in [5.74, 6) is -0.587. The maximum atomic E-state index is 11.6. The quantitative estimate of drug-likeness (QED) is 0.607. The van der Waals surface area contributed by atoms with E-state index in [1.54, 1.807) is 38.3 Å². The molecule has 7 nitrogen and oxygen atoms in total. The minimum Gasteiger partial charge on any atom is -0.497 e. The van der Waals surface area contributed by atoms with Crippen LogP contribution >= 0.6 is 0 Å². The summed E-state index contributed by atoms with van der Waals surface area (Å²) in [6, 6.07) is 4.83. The summed E-state index contributed by atoms with van der Waals surface area (Å²) in [7, 11) is 1.56. The summed E-state index contributed by atoms with van der Waals surface area (Å²) in [6.07, 6.45) is 0. The molecular formula is C13H18N2O5. The Balaban J connectivity index is 2.58. The van der Waals surface area contributed by atoms with Crippen LogP contribution in [0.25, 0.3) is 0 Å². The van der Waals surface area contributed by atoms with Crippen molar-refractivity contribution in [2.24, 2.45) is 0 Å². The third-order valence-corrected chi connectivity index (χ3v) is 2.75. The molecule has 110 valence electrons. The number of hydrogen-bond donors (Lipinski definition) is 4. The number of aliphatic carboxylic acids is 1. The second-order valence-corrected chi connectivity index (χ2v) is 4.19. The molecule has 0 saturated heterocycles. The molecule has 20 heavy (non-hydrogen) atoms. The fourth-order valence-electron chi connectivity index (χ4n) is 1.56. The maximum absolute atomic E-state index is 11.6. The summed E-state index contributed by atoms with van der Waals surface area (Å²) in [5.41, 5.74) is 0.844. The number of aliphatic hydroxyl groups excluding tert-OH is 1. The molecule has 7 heteroatoms. The fourth-order valence-corrected chi connectivity index (χ4v) is 1.56. The SMILES string of the molecule is COc1ccc(C(C)NC(=O)N[C@@H](CO)C(=O)O)cc1. The average Bonchev–Trinajstić information content (AvgIpc) is 2.44. The van der Waals surface area contributed by atoms with Crippen LogP contribution in [0.5, 0.6) is 5.75 Å². The Labute approximate surface area is 116 Å². The van der Waals surface area contributed by atoms with E-state index >= 15 is 0 Å². The lowest BCUT2D eigenvalue weighted by molar-refractivity contribution is -0.140. The van der Waals surface area contributed by atoms with Gasteiger partial charge >= 0.3 is 12.0 Å². The van der Waals surface area contributed by atoms with Crippen LogP contribution < -0.4 is 15.4 Å². The van der Waals surface area contributed by atoms with Crippen molar-refractivity contribution in [3.8, 4) is 5.75 Å². The number of rotatable bonds is 6. The predicted octanol–water partition coefficient (Wildman–Crippen LogP) is 0.501. The van der Waals surface area contributed by atoms with Crippen LogP contribution in [0.15, 0.2) is 24.3 Å². The number of carbonyl (C=O) groups is 2. The number of amides is 2. The number of urea groups is 1. The standard InChI is InChI=1S/C13H18N2O5/c1-8(9-3-5-10(20-2)6-4-9)14-13(19)15-11(7-16)12(17)18/h3-6,8,11,16H,7H2,1-2H3,(H,17,18)(H2,14,15,19)/t8?,11-/m0/s1. The third-order valence-electron chi connectivity index (χ3n) is 2.75. The Kier molecular flexibility index (Phi) is 5.79. The zero-order chi connectivity index (χ0) is 15.1. The van der Waals surface area contributed by atoms with Gasteiger partial charge in [0.25, 0.3) is 0 Å². The number of aliphatic hydroxyl groups is 1. The highest BCUT2D eigenvalue weighted by atomic mass is 16.5. The Morgan fingerprint density at radius 1 is 1.25 bits per heavy atom. The lowest BCUT2D eigenvalue weighted by Gasteiger charge is -2.17. The van der Waals surface area contributed by atoms with Gasteiger partial charge in [0.05, 0.1) is 19.8 Å². The van der Waals surface area contributed by atoms with Crippen LogP contribution in [0.2, 0.25) is 0 Å². The first-order valence-electron chi connectivity index (χ1n) is 6.02. The molecule has 2 amide bonds. The molecule has 0 aromatic heterocycles. The van der Waals surface area contributed by atoms with Gasteiger partial charge in [-0.15, -0.1) is 0 Å². The normalized spacial score (nSPS) is 13.2. The minimum atomic E-state index is -1.32. The summed E-state index contributed by atoms with van der Waals surface area (Å²) in [5, 5.41) is 22.3. The van der Waals surface area contributed by atoms with Crippen LogP contribution in [0.4, 0.5) is 4.79 Å². The van der Waals surface area contributed by atoms with Gasteiger partial charge in [-0.1, -0.05) is 12.1 Å². The van der Waals surface area contributed by atoms with Crippen molar-refractivity contribution in [1.82, 2.24) is 10.6 Å². The smallest absolute Gasteiger partial charge is 0.328 e. The van der Waals surface area contributed by atoms with Crippen molar-refractivity contribution in [2.45, 2.75) is 19.0 Å². The third kappa shape index (κ3) is 4.43. The molecule has 0 spiro atoms. The van der Waals surface area contributed by atoms with Crippen molar-refractivity contribution >= 4 is 12.0 Å². The summed E-state index contributed by atoms with van der Waals surface area (Å²) >= 11 is 0. The molecule has 0 aliphatic rings. The molecule has 0 heterocycles. The van der Waals surface area contributed by atoms with E-state index in [1.165, 1.54) is 0 Å². The zero-order valence-electron chi connectivity index (χ0n) is 11.3. The Morgan fingerprint density at radius 2 is 1.85 bits per heavy atom. The van der Waals surface area contributed by atoms with E-state index in [9.17, 15) is 9.59 Å². The number of ether oxygens (including phenoxy) is 1.